The molecule has 0 radical (unpaired) electrons. The summed E-state index contributed by atoms with van der Waals surface area (Å²) in [5.74, 6) is 2.16. The third-order valence-corrected chi connectivity index (χ3v) is 4.94. The minimum atomic E-state index is -0.118. The van der Waals surface area contributed by atoms with Crippen LogP contribution in [-0.2, 0) is 17.8 Å². The predicted octanol–water partition coefficient (Wildman–Crippen LogP) is 4.11. The molecule has 0 atom stereocenters. The van der Waals surface area contributed by atoms with E-state index in [0.29, 0.717) is 30.8 Å². The van der Waals surface area contributed by atoms with Crippen LogP contribution in [0.4, 0.5) is 5.69 Å². The Balaban J connectivity index is 1.54. The van der Waals surface area contributed by atoms with Crippen LogP contribution in [0.25, 0.3) is 11.3 Å². The average Bonchev–Trinajstić information content (AvgIpc) is 3.16. The third-order valence-electron chi connectivity index (χ3n) is 4.94. The van der Waals surface area contributed by atoms with E-state index in [1.54, 1.807) is 19.2 Å². The van der Waals surface area contributed by atoms with Gasteiger partial charge in [0.05, 0.1) is 7.11 Å². The first-order valence-corrected chi connectivity index (χ1v) is 9.46. The number of carbonyl (C=O) groups excluding carboxylic acids is 2. The van der Waals surface area contributed by atoms with Crippen molar-refractivity contribution in [3.05, 3.63) is 71.5 Å². The number of hydrogen-bond acceptors (Lipinski definition) is 4. The van der Waals surface area contributed by atoms with Crippen LogP contribution in [-0.4, -0.2) is 30.4 Å². The molecule has 0 spiro atoms. The monoisotopic (exact) mass is 390 g/mol. The Bertz CT molecular complexity index is 1070. The van der Waals surface area contributed by atoms with Gasteiger partial charge in [0.2, 0.25) is 5.91 Å². The molecule has 148 valence electrons. The van der Waals surface area contributed by atoms with E-state index in [-0.39, 0.29) is 11.8 Å². The number of rotatable bonds is 4. The van der Waals surface area contributed by atoms with E-state index in [1.165, 1.54) is 6.92 Å². The minimum absolute atomic E-state index is 0.0232. The second kappa shape index (κ2) is 7.83. The van der Waals surface area contributed by atoms with Crippen LogP contribution in [0.1, 0.15) is 28.6 Å². The summed E-state index contributed by atoms with van der Waals surface area (Å²) in [5, 5.41) is 2.78. The van der Waals surface area contributed by atoms with Crippen molar-refractivity contribution in [2.75, 3.05) is 19.0 Å². The van der Waals surface area contributed by atoms with E-state index < -0.39 is 0 Å². The highest BCUT2D eigenvalue weighted by molar-refractivity contribution is 5.94. The summed E-state index contributed by atoms with van der Waals surface area (Å²) < 4.78 is 11.3. The van der Waals surface area contributed by atoms with Crippen LogP contribution in [0.3, 0.4) is 0 Å². The molecule has 2 heterocycles. The zero-order valence-electron chi connectivity index (χ0n) is 16.4. The SMILES string of the molecule is COc1cccc(C(=O)N2CCc3oc(-c4cccc(NC(C)=O)c4)cc3C2)c1. The second-order valence-electron chi connectivity index (χ2n) is 7.03. The zero-order valence-corrected chi connectivity index (χ0v) is 16.4. The lowest BCUT2D eigenvalue weighted by molar-refractivity contribution is -0.114. The molecular formula is C23H22N2O4. The highest BCUT2D eigenvalue weighted by atomic mass is 16.5. The smallest absolute Gasteiger partial charge is 0.254 e. The Labute approximate surface area is 169 Å². The van der Waals surface area contributed by atoms with Crippen molar-refractivity contribution < 1.29 is 18.7 Å². The zero-order chi connectivity index (χ0) is 20.4. The molecule has 1 N–H and O–H groups in total. The Morgan fingerprint density at radius 3 is 2.72 bits per heavy atom. The van der Waals surface area contributed by atoms with Crippen molar-refractivity contribution in [2.45, 2.75) is 19.9 Å². The number of anilines is 1. The van der Waals surface area contributed by atoms with E-state index in [9.17, 15) is 9.59 Å². The summed E-state index contributed by atoms with van der Waals surface area (Å²) in [4.78, 5) is 26.0. The number of hydrogen-bond donors (Lipinski definition) is 1. The fourth-order valence-electron chi connectivity index (χ4n) is 3.54. The second-order valence-corrected chi connectivity index (χ2v) is 7.03. The molecule has 2 aromatic carbocycles. The molecule has 0 aliphatic carbocycles. The number of methoxy groups -OCH3 is 1. The fraction of sp³-hybridized carbons (Fsp3) is 0.217. The molecule has 0 saturated carbocycles. The van der Waals surface area contributed by atoms with Gasteiger partial charge in [-0.3, -0.25) is 9.59 Å². The lowest BCUT2D eigenvalue weighted by atomic mass is 10.1. The van der Waals surface area contributed by atoms with Gasteiger partial charge in [0, 0.05) is 48.8 Å². The number of carbonyl (C=O) groups is 2. The van der Waals surface area contributed by atoms with Crippen molar-refractivity contribution in [2.24, 2.45) is 0 Å². The van der Waals surface area contributed by atoms with Gasteiger partial charge in [-0.15, -0.1) is 0 Å². The van der Waals surface area contributed by atoms with Gasteiger partial charge in [0.1, 0.15) is 17.3 Å². The molecule has 0 bridgehead atoms. The number of ether oxygens (including phenoxy) is 1. The van der Waals surface area contributed by atoms with E-state index in [2.05, 4.69) is 5.32 Å². The van der Waals surface area contributed by atoms with Gasteiger partial charge in [0.25, 0.3) is 5.91 Å². The van der Waals surface area contributed by atoms with Gasteiger partial charge in [-0.05, 0) is 36.4 Å². The largest absolute Gasteiger partial charge is 0.497 e. The lowest BCUT2D eigenvalue weighted by Crippen LogP contribution is -2.35. The van der Waals surface area contributed by atoms with Crippen LogP contribution >= 0.6 is 0 Å². The maximum absolute atomic E-state index is 12.9. The van der Waals surface area contributed by atoms with Crippen LogP contribution in [0.15, 0.2) is 59.0 Å². The number of amides is 2. The Kier molecular flexibility index (Phi) is 5.08. The van der Waals surface area contributed by atoms with E-state index >= 15 is 0 Å². The van der Waals surface area contributed by atoms with Gasteiger partial charge in [-0.1, -0.05) is 18.2 Å². The van der Waals surface area contributed by atoms with Gasteiger partial charge in [0.15, 0.2) is 0 Å². The maximum Gasteiger partial charge on any atom is 0.254 e. The molecule has 0 saturated heterocycles. The highest BCUT2D eigenvalue weighted by Gasteiger charge is 2.25. The lowest BCUT2D eigenvalue weighted by Gasteiger charge is -2.26. The van der Waals surface area contributed by atoms with E-state index in [1.807, 2.05) is 47.4 Å². The molecule has 2 amide bonds. The number of furan rings is 1. The molecule has 29 heavy (non-hydrogen) atoms. The molecule has 3 aromatic rings. The van der Waals surface area contributed by atoms with Crippen LogP contribution < -0.4 is 10.1 Å². The van der Waals surface area contributed by atoms with Crippen molar-refractivity contribution >= 4 is 17.5 Å². The predicted molar refractivity (Wildman–Crippen MR) is 110 cm³/mol. The number of benzene rings is 2. The van der Waals surface area contributed by atoms with Crippen molar-refractivity contribution in [1.29, 1.82) is 0 Å². The van der Waals surface area contributed by atoms with Crippen molar-refractivity contribution in [3.8, 4) is 17.1 Å². The summed E-state index contributed by atoms with van der Waals surface area (Å²) in [7, 11) is 1.59. The van der Waals surface area contributed by atoms with Gasteiger partial charge in [-0.2, -0.15) is 0 Å². The van der Waals surface area contributed by atoms with Gasteiger partial charge < -0.3 is 19.4 Å². The first kappa shape index (κ1) is 18.8. The van der Waals surface area contributed by atoms with Gasteiger partial charge >= 0.3 is 0 Å². The minimum Gasteiger partial charge on any atom is -0.497 e. The molecule has 1 aliphatic heterocycles. The fourth-order valence-corrected chi connectivity index (χ4v) is 3.54. The third kappa shape index (κ3) is 4.01. The topological polar surface area (TPSA) is 71.8 Å². The molecular weight excluding hydrogens is 368 g/mol. The molecule has 6 nitrogen and oxygen atoms in total. The van der Waals surface area contributed by atoms with E-state index in [4.69, 9.17) is 9.15 Å². The summed E-state index contributed by atoms with van der Waals surface area (Å²) in [6.07, 6.45) is 0.663. The van der Waals surface area contributed by atoms with E-state index in [0.717, 1.165) is 28.3 Å². The first-order chi connectivity index (χ1) is 14.0. The Hall–Kier alpha value is -3.54. The Morgan fingerprint density at radius 2 is 1.93 bits per heavy atom. The maximum atomic E-state index is 12.9. The van der Waals surface area contributed by atoms with Crippen molar-refractivity contribution in [1.82, 2.24) is 4.90 Å². The van der Waals surface area contributed by atoms with Crippen molar-refractivity contribution in [3.63, 3.8) is 0 Å². The Morgan fingerprint density at radius 1 is 1.10 bits per heavy atom. The molecule has 0 unspecified atom stereocenters. The number of nitrogens with zero attached hydrogens (tertiary/aromatic N) is 1. The van der Waals surface area contributed by atoms with Crippen LogP contribution in [0, 0.1) is 0 Å². The first-order valence-electron chi connectivity index (χ1n) is 9.46. The molecule has 4 rings (SSSR count). The molecule has 1 aromatic heterocycles. The molecule has 6 heteroatoms. The summed E-state index contributed by atoms with van der Waals surface area (Å²) in [6.45, 7) is 2.58. The normalized spacial score (nSPS) is 13.0. The summed E-state index contributed by atoms with van der Waals surface area (Å²) in [6, 6.07) is 16.7. The highest BCUT2D eigenvalue weighted by Crippen LogP contribution is 2.31. The number of nitrogens with one attached hydrogen (secondary N) is 1. The van der Waals surface area contributed by atoms with Crippen LogP contribution in [0.2, 0.25) is 0 Å². The standard InChI is InChI=1S/C23H22N2O4/c1-15(26)24-19-7-3-5-16(11-19)22-13-18-14-25(10-9-21(18)29-22)23(27)17-6-4-8-20(12-17)28-2/h3-8,11-13H,9-10,14H2,1-2H3,(H,24,26). The molecule has 1 aliphatic rings. The van der Waals surface area contributed by atoms with Crippen LogP contribution in [0.5, 0.6) is 5.75 Å². The number of fused-ring (bicyclic) bond motifs is 1. The quantitative estimate of drug-likeness (QED) is 0.728. The summed E-state index contributed by atoms with van der Waals surface area (Å²) >= 11 is 0. The average molecular weight is 390 g/mol. The molecule has 0 fully saturated rings. The van der Waals surface area contributed by atoms with Gasteiger partial charge in [-0.25, -0.2) is 0 Å². The summed E-state index contributed by atoms with van der Waals surface area (Å²) in [5.41, 5.74) is 3.22.